The third-order valence-corrected chi connectivity index (χ3v) is 4.02. The summed E-state index contributed by atoms with van der Waals surface area (Å²) >= 11 is 0. The van der Waals surface area contributed by atoms with Gasteiger partial charge in [-0.1, -0.05) is 18.2 Å². The maximum absolute atomic E-state index is 12.0. The summed E-state index contributed by atoms with van der Waals surface area (Å²) in [5, 5.41) is 0.0313. The molecule has 2 aromatic rings. The van der Waals surface area contributed by atoms with E-state index in [1.165, 1.54) is 12.5 Å². The molecule has 96 valence electrons. The molecule has 0 spiro atoms. The highest BCUT2D eigenvalue weighted by Crippen LogP contribution is 2.21. The molecule has 1 atom stereocenters. The normalized spacial score (nSPS) is 13.4. The molecule has 1 aromatic heterocycles. The zero-order chi connectivity index (χ0) is 13.2. The topological polar surface area (TPSA) is 101 Å². The Morgan fingerprint density at radius 3 is 2.72 bits per heavy atom. The summed E-state index contributed by atoms with van der Waals surface area (Å²) in [6, 6.07) is 6.72. The summed E-state index contributed by atoms with van der Waals surface area (Å²) in [6.07, 6.45) is 2.57. The smallest absolute Gasteiger partial charge is 0.258 e. The van der Waals surface area contributed by atoms with Gasteiger partial charge in [0.1, 0.15) is 0 Å². The fourth-order valence-corrected chi connectivity index (χ4v) is 2.78. The van der Waals surface area contributed by atoms with Gasteiger partial charge in [0.2, 0.25) is 0 Å². The summed E-state index contributed by atoms with van der Waals surface area (Å²) < 4.78 is 26.5. The minimum atomic E-state index is -3.60. The van der Waals surface area contributed by atoms with Gasteiger partial charge in [-0.05, 0) is 18.6 Å². The lowest BCUT2D eigenvalue weighted by atomic mass is 10.1. The van der Waals surface area contributed by atoms with Crippen LogP contribution in [0.2, 0.25) is 0 Å². The van der Waals surface area contributed by atoms with Gasteiger partial charge in [0, 0.05) is 11.7 Å². The highest BCUT2D eigenvalue weighted by molar-refractivity contribution is 7.89. The third kappa shape index (κ3) is 2.52. The van der Waals surface area contributed by atoms with Crippen LogP contribution >= 0.6 is 0 Å². The highest BCUT2D eigenvalue weighted by Gasteiger charge is 2.20. The SMILES string of the molecule is CC(NS(=O)(=O)c1cnc[nH]1)c1ccccc1N. The van der Waals surface area contributed by atoms with Crippen molar-refractivity contribution in [3.63, 3.8) is 0 Å². The number of nitrogens with two attached hydrogens (primary N) is 1. The Morgan fingerprint density at radius 2 is 2.11 bits per heavy atom. The van der Waals surface area contributed by atoms with Crippen LogP contribution in [0.3, 0.4) is 0 Å². The summed E-state index contributed by atoms with van der Waals surface area (Å²) in [6.45, 7) is 1.74. The number of hydrogen-bond acceptors (Lipinski definition) is 4. The number of aromatic nitrogens is 2. The van der Waals surface area contributed by atoms with E-state index in [4.69, 9.17) is 5.73 Å². The molecule has 0 radical (unpaired) electrons. The first-order valence-electron chi connectivity index (χ1n) is 5.36. The van der Waals surface area contributed by atoms with Crippen LogP contribution in [0.4, 0.5) is 5.69 Å². The zero-order valence-corrected chi connectivity index (χ0v) is 10.6. The van der Waals surface area contributed by atoms with Gasteiger partial charge in [-0.15, -0.1) is 0 Å². The van der Waals surface area contributed by atoms with Crippen molar-refractivity contribution in [1.82, 2.24) is 14.7 Å². The van der Waals surface area contributed by atoms with Crippen LogP contribution in [-0.4, -0.2) is 18.4 Å². The van der Waals surface area contributed by atoms with Crippen molar-refractivity contribution < 1.29 is 8.42 Å². The summed E-state index contributed by atoms with van der Waals surface area (Å²) in [5.41, 5.74) is 7.09. The van der Waals surface area contributed by atoms with Gasteiger partial charge in [-0.25, -0.2) is 18.1 Å². The number of anilines is 1. The minimum Gasteiger partial charge on any atom is -0.398 e. The average Bonchev–Trinajstić information content (AvgIpc) is 2.82. The Morgan fingerprint density at radius 1 is 1.39 bits per heavy atom. The van der Waals surface area contributed by atoms with E-state index in [2.05, 4.69) is 14.7 Å². The van der Waals surface area contributed by atoms with Gasteiger partial charge in [-0.3, -0.25) is 0 Å². The predicted octanol–water partition coefficient (Wildman–Crippen LogP) is 1.03. The van der Waals surface area contributed by atoms with Crippen LogP contribution in [0.25, 0.3) is 0 Å². The maximum atomic E-state index is 12.0. The van der Waals surface area contributed by atoms with Crippen molar-refractivity contribution in [3.8, 4) is 0 Å². The van der Waals surface area contributed by atoms with E-state index in [-0.39, 0.29) is 5.03 Å². The fraction of sp³-hybridized carbons (Fsp3) is 0.182. The van der Waals surface area contributed by atoms with Crippen molar-refractivity contribution in [3.05, 3.63) is 42.4 Å². The number of para-hydroxylation sites is 1. The Hall–Kier alpha value is -1.86. The zero-order valence-electron chi connectivity index (χ0n) is 9.79. The molecule has 0 fully saturated rings. The van der Waals surface area contributed by atoms with Gasteiger partial charge in [0.15, 0.2) is 5.03 Å². The molecule has 1 heterocycles. The molecule has 2 rings (SSSR count). The Bertz CT molecular complexity index is 622. The number of sulfonamides is 1. The van der Waals surface area contributed by atoms with E-state index in [0.29, 0.717) is 5.69 Å². The Kier molecular flexibility index (Phi) is 3.35. The first kappa shape index (κ1) is 12.6. The van der Waals surface area contributed by atoms with Crippen LogP contribution in [0.5, 0.6) is 0 Å². The quantitative estimate of drug-likeness (QED) is 0.719. The van der Waals surface area contributed by atoms with Crippen LogP contribution in [0, 0.1) is 0 Å². The fourth-order valence-electron chi connectivity index (χ4n) is 1.66. The van der Waals surface area contributed by atoms with Gasteiger partial charge in [-0.2, -0.15) is 0 Å². The maximum Gasteiger partial charge on any atom is 0.258 e. The molecule has 0 aliphatic heterocycles. The van der Waals surface area contributed by atoms with Crippen molar-refractivity contribution in [2.24, 2.45) is 0 Å². The molecule has 6 nitrogen and oxygen atoms in total. The van der Waals surface area contributed by atoms with Crippen LogP contribution in [0.1, 0.15) is 18.5 Å². The lowest BCUT2D eigenvalue weighted by molar-refractivity contribution is 0.564. The van der Waals surface area contributed by atoms with Crippen molar-refractivity contribution in [2.45, 2.75) is 18.0 Å². The van der Waals surface area contributed by atoms with Crippen molar-refractivity contribution >= 4 is 15.7 Å². The van der Waals surface area contributed by atoms with Gasteiger partial charge in [0.05, 0.1) is 12.5 Å². The Labute approximate surface area is 105 Å². The number of nitrogen functional groups attached to an aromatic ring is 1. The number of hydrogen-bond donors (Lipinski definition) is 3. The van der Waals surface area contributed by atoms with Crippen LogP contribution in [0.15, 0.2) is 41.8 Å². The number of H-pyrrole nitrogens is 1. The van der Waals surface area contributed by atoms with Gasteiger partial charge in [0.25, 0.3) is 10.0 Å². The van der Waals surface area contributed by atoms with Crippen molar-refractivity contribution in [2.75, 3.05) is 5.73 Å². The minimum absolute atomic E-state index is 0.0313. The predicted molar refractivity (Wildman–Crippen MR) is 68.2 cm³/mol. The second kappa shape index (κ2) is 4.79. The molecule has 0 saturated carbocycles. The number of nitrogens with one attached hydrogen (secondary N) is 2. The molecule has 4 N–H and O–H groups in total. The summed E-state index contributed by atoms with van der Waals surface area (Å²) in [5.74, 6) is 0. The lowest BCUT2D eigenvalue weighted by Gasteiger charge is -2.15. The molecule has 1 aromatic carbocycles. The molecular weight excluding hydrogens is 252 g/mol. The number of nitrogens with zero attached hydrogens (tertiary/aromatic N) is 1. The van der Waals surface area contributed by atoms with E-state index < -0.39 is 16.1 Å². The molecule has 0 aliphatic carbocycles. The summed E-state index contributed by atoms with van der Waals surface area (Å²) in [4.78, 5) is 6.24. The van der Waals surface area contributed by atoms with E-state index in [9.17, 15) is 8.42 Å². The van der Waals surface area contributed by atoms with Gasteiger partial charge >= 0.3 is 0 Å². The largest absolute Gasteiger partial charge is 0.398 e. The molecule has 0 saturated heterocycles. The van der Waals surface area contributed by atoms with E-state index >= 15 is 0 Å². The second-order valence-electron chi connectivity index (χ2n) is 3.89. The number of aromatic amines is 1. The van der Waals surface area contributed by atoms with E-state index in [1.807, 2.05) is 6.07 Å². The number of imidazole rings is 1. The summed E-state index contributed by atoms with van der Waals surface area (Å²) in [7, 11) is -3.60. The number of benzene rings is 1. The highest BCUT2D eigenvalue weighted by atomic mass is 32.2. The van der Waals surface area contributed by atoms with Gasteiger partial charge < -0.3 is 10.7 Å². The monoisotopic (exact) mass is 266 g/mol. The molecule has 0 bridgehead atoms. The molecule has 7 heteroatoms. The molecule has 0 aliphatic rings. The molecule has 18 heavy (non-hydrogen) atoms. The average molecular weight is 266 g/mol. The second-order valence-corrected chi connectivity index (χ2v) is 5.57. The lowest BCUT2D eigenvalue weighted by Crippen LogP contribution is -2.27. The van der Waals surface area contributed by atoms with Crippen LogP contribution < -0.4 is 10.5 Å². The van der Waals surface area contributed by atoms with E-state index in [0.717, 1.165) is 5.56 Å². The van der Waals surface area contributed by atoms with Crippen LogP contribution in [-0.2, 0) is 10.0 Å². The standard InChI is InChI=1S/C11H14N4O2S/c1-8(9-4-2-3-5-10(9)12)15-18(16,17)11-6-13-7-14-11/h2-8,15H,12H2,1H3,(H,13,14). The Balaban J connectivity index is 2.23. The van der Waals surface area contributed by atoms with E-state index in [1.54, 1.807) is 25.1 Å². The third-order valence-electron chi connectivity index (χ3n) is 2.56. The number of rotatable bonds is 4. The first-order chi connectivity index (χ1) is 8.50. The molecule has 0 amide bonds. The molecule has 1 unspecified atom stereocenters. The van der Waals surface area contributed by atoms with Crippen molar-refractivity contribution in [1.29, 1.82) is 0 Å². The first-order valence-corrected chi connectivity index (χ1v) is 6.84. The molecular formula is C11H14N4O2S.